The molecule has 6 saturated carbocycles. The maximum atomic E-state index is 13.9. The number of halogens is 2. The molecule has 0 amide bonds. The predicted molar refractivity (Wildman–Crippen MR) is 119 cm³/mol. The molecule has 14 heteroatoms. The highest BCUT2D eigenvalue weighted by Crippen LogP contribution is 2.64. The number of rotatable bonds is 7. The van der Waals surface area contributed by atoms with E-state index in [9.17, 15) is 36.7 Å². The van der Waals surface area contributed by atoms with Gasteiger partial charge in [0.25, 0.3) is 0 Å². The van der Waals surface area contributed by atoms with Crippen LogP contribution in [0, 0.1) is 23.2 Å². The minimum absolute atomic E-state index is 0.0589. The van der Waals surface area contributed by atoms with Gasteiger partial charge in [0, 0.05) is 24.7 Å². The molecule has 2 N–H and O–H groups in total. The molecule has 7 fully saturated rings. The lowest BCUT2D eigenvalue weighted by Crippen LogP contribution is -2.58. The molecular formula is C24H30F2O11S. The van der Waals surface area contributed by atoms with Gasteiger partial charge in [0.05, 0.1) is 23.7 Å². The van der Waals surface area contributed by atoms with Crippen LogP contribution in [0.4, 0.5) is 8.78 Å². The van der Waals surface area contributed by atoms with E-state index in [1.165, 1.54) is 0 Å². The number of esters is 2. The number of fused-ring (bicyclic) bond motifs is 1. The molecule has 0 aromatic carbocycles. The highest BCUT2D eigenvalue weighted by molar-refractivity contribution is 7.87. The first-order valence-electron chi connectivity index (χ1n) is 13.0. The summed E-state index contributed by atoms with van der Waals surface area (Å²) in [6, 6.07) is 0. The number of carbonyl (C=O) groups is 3. The maximum Gasteiger partial charge on any atom is 0.465 e. The molecule has 1 saturated heterocycles. The lowest BCUT2D eigenvalue weighted by molar-refractivity contribution is -0.277. The van der Waals surface area contributed by atoms with E-state index in [0.29, 0.717) is 38.0 Å². The van der Waals surface area contributed by atoms with Gasteiger partial charge in [-0.3, -0.25) is 14.1 Å². The van der Waals surface area contributed by atoms with Gasteiger partial charge in [-0.2, -0.15) is 17.2 Å². The van der Waals surface area contributed by atoms with E-state index in [-0.39, 0.29) is 43.5 Å². The first-order valence-corrected chi connectivity index (χ1v) is 14.4. The number of hydrogen-bond donors (Lipinski definition) is 2. The van der Waals surface area contributed by atoms with Crippen molar-refractivity contribution in [1.29, 1.82) is 0 Å². The Hall–Kier alpha value is -1.74. The summed E-state index contributed by atoms with van der Waals surface area (Å²) in [7, 11) is -6.03. The van der Waals surface area contributed by atoms with E-state index in [4.69, 9.17) is 23.5 Å². The Balaban J connectivity index is 1.15. The number of ketones is 1. The van der Waals surface area contributed by atoms with Crippen LogP contribution in [-0.2, 0) is 43.4 Å². The summed E-state index contributed by atoms with van der Waals surface area (Å²) in [6.07, 6.45) is 0.889. The van der Waals surface area contributed by atoms with Gasteiger partial charge in [-0.05, 0) is 50.9 Å². The molecule has 7 rings (SSSR count). The van der Waals surface area contributed by atoms with Crippen molar-refractivity contribution in [3.05, 3.63) is 0 Å². The summed E-state index contributed by atoms with van der Waals surface area (Å²) >= 11 is 0. The van der Waals surface area contributed by atoms with E-state index in [1.54, 1.807) is 0 Å². The van der Waals surface area contributed by atoms with Gasteiger partial charge in [0.2, 0.25) is 0 Å². The van der Waals surface area contributed by atoms with Crippen molar-refractivity contribution in [2.24, 2.45) is 23.2 Å². The molecule has 6 aliphatic carbocycles. The number of carbonyl (C=O) groups excluding carboxylic acids is 3. The highest BCUT2D eigenvalue weighted by atomic mass is 32.2. The Morgan fingerprint density at radius 3 is 2.61 bits per heavy atom. The molecule has 38 heavy (non-hydrogen) atoms. The normalized spacial score (nSPS) is 45.2. The highest BCUT2D eigenvalue weighted by Gasteiger charge is 2.68. The summed E-state index contributed by atoms with van der Waals surface area (Å²) < 4.78 is 81.7. The number of aliphatic hydroxyl groups excluding tert-OH is 1. The molecule has 9 atom stereocenters. The third-order valence-electron chi connectivity index (χ3n) is 9.84. The van der Waals surface area contributed by atoms with Crippen LogP contribution in [0.2, 0.25) is 0 Å². The number of hydrogen-bond acceptors (Lipinski definition) is 10. The van der Waals surface area contributed by atoms with E-state index < -0.39 is 68.8 Å². The van der Waals surface area contributed by atoms with Crippen molar-refractivity contribution in [1.82, 2.24) is 0 Å². The third-order valence-corrected chi connectivity index (χ3v) is 10.7. The smallest absolute Gasteiger partial charge is 0.462 e. The number of Topliss-reactive ketones (excluding diaryl/α,β-unsaturated/α-hetero) is 1. The SMILES string of the molecule is O=C1C2CC3CC1C(C(=O)OCC1OC4CC5(OC(=O)C(F)(F)S(=O)(=O)O)CCCC4(C5)OC1CO)(C3)C2. The standard InChI is InChI=1S/C24H30F2O11S/c25-24(26,38(31,32)33)20(30)37-21-2-1-3-23(11-21)17(8-21)35-16(15(9-27)36-23)10-34-19(29)22-6-12-4-13(7-22)18(28)14(22)5-12/h12-17,27H,1-11H2,(H,31,32,33). The number of aliphatic hydroxyl groups is 1. The van der Waals surface area contributed by atoms with Crippen molar-refractivity contribution in [3.63, 3.8) is 0 Å². The second kappa shape index (κ2) is 8.38. The summed E-state index contributed by atoms with van der Waals surface area (Å²) in [5, 5.41) is 4.88. The lowest BCUT2D eigenvalue weighted by atomic mass is 9.75. The van der Waals surface area contributed by atoms with E-state index in [0.717, 1.165) is 6.42 Å². The minimum Gasteiger partial charge on any atom is -0.462 e. The van der Waals surface area contributed by atoms with Crippen molar-refractivity contribution in [2.45, 2.75) is 92.6 Å². The molecule has 11 nitrogen and oxygen atoms in total. The van der Waals surface area contributed by atoms with Crippen LogP contribution >= 0.6 is 0 Å². The Bertz CT molecular complexity index is 1180. The van der Waals surface area contributed by atoms with Gasteiger partial charge >= 0.3 is 27.3 Å². The molecule has 0 aromatic heterocycles. The molecule has 1 aliphatic heterocycles. The van der Waals surface area contributed by atoms with Gasteiger partial charge < -0.3 is 24.1 Å². The average Bonchev–Trinajstić information content (AvgIpc) is 3.32. The molecule has 0 aromatic rings. The Labute approximate surface area is 217 Å². The molecule has 6 bridgehead atoms. The molecule has 9 unspecified atom stereocenters. The van der Waals surface area contributed by atoms with Crippen molar-refractivity contribution in [3.8, 4) is 0 Å². The lowest BCUT2D eigenvalue weighted by Gasteiger charge is -2.47. The summed E-state index contributed by atoms with van der Waals surface area (Å²) in [4.78, 5) is 37.9. The topological polar surface area (TPSA) is 163 Å². The van der Waals surface area contributed by atoms with E-state index in [1.807, 2.05) is 0 Å². The molecule has 1 heterocycles. The van der Waals surface area contributed by atoms with Gasteiger partial charge in [0.1, 0.15) is 30.2 Å². The van der Waals surface area contributed by atoms with Crippen LogP contribution in [0.1, 0.15) is 57.8 Å². The molecule has 1 spiro atoms. The summed E-state index contributed by atoms with van der Waals surface area (Å²) in [6.45, 7) is -0.733. The first-order chi connectivity index (χ1) is 17.7. The van der Waals surface area contributed by atoms with Gasteiger partial charge in [-0.15, -0.1) is 0 Å². The molecule has 212 valence electrons. The number of ether oxygens (including phenoxy) is 4. The average molecular weight is 565 g/mol. The van der Waals surface area contributed by atoms with Crippen molar-refractivity contribution < 1.29 is 60.2 Å². The number of alkyl halides is 2. The fraction of sp³-hybridized carbons (Fsp3) is 0.875. The van der Waals surface area contributed by atoms with E-state index >= 15 is 0 Å². The maximum absolute atomic E-state index is 13.9. The monoisotopic (exact) mass is 564 g/mol. The minimum atomic E-state index is -6.03. The fourth-order valence-electron chi connectivity index (χ4n) is 8.35. The van der Waals surface area contributed by atoms with Gasteiger partial charge in [-0.25, -0.2) is 4.79 Å². The van der Waals surface area contributed by atoms with Crippen molar-refractivity contribution >= 4 is 27.8 Å². The largest absolute Gasteiger partial charge is 0.465 e. The van der Waals surface area contributed by atoms with Crippen LogP contribution < -0.4 is 0 Å². The molecular weight excluding hydrogens is 534 g/mol. The van der Waals surface area contributed by atoms with Crippen LogP contribution in [0.3, 0.4) is 0 Å². The Morgan fingerprint density at radius 2 is 1.89 bits per heavy atom. The van der Waals surface area contributed by atoms with Gasteiger partial charge in [0.15, 0.2) is 0 Å². The second-order valence-corrected chi connectivity index (χ2v) is 13.5. The zero-order valence-electron chi connectivity index (χ0n) is 20.5. The van der Waals surface area contributed by atoms with E-state index in [2.05, 4.69) is 0 Å². The van der Waals surface area contributed by atoms with Crippen LogP contribution in [-0.4, -0.2) is 83.8 Å². The fourth-order valence-corrected chi connectivity index (χ4v) is 8.60. The quantitative estimate of drug-likeness (QED) is 0.337. The molecule has 7 aliphatic rings. The summed E-state index contributed by atoms with van der Waals surface area (Å²) in [5.41, 5.74) is -3.40. The van der Waals surface area contributed by atoms with Gasteiger partial charge in [-0.1, -0.05) is 0 Å². The van der Waals surface area contributed by atoms with Crippen LogP contribution in [0.5, 0.6) is 0 Å². The first kappa shape index (κ1) is 26.5. The van der Waals surface area contributed by atoms with Crippen LogP contribution in [0.25, 0.3) is 0 Å². The summed E-state index contributed by atoms with van der Waals surface area (Å²) in [5.74, 6) is -2.76. The second-order valence-electron chi connectivity index (χ2n) is 12.0. The van der Waals surface area contributed by atoms with Crippen molar-refractivity contribution in [2.75, 3.05) is 13.2 Å². The molecule has 0 radical (unpaired) electrons. The Kier molecular flexibility index (Phi) is 5.84. The van der Waals surface area contributed by atoms with Crippen LogP contribution in [0.15, 0.2) is 0 Å². The predicted octanol–water partition coefficient (Wildman–Crippen LogP) is 1.16. The third kappa shape index (κ3) is 3.70. The zero-order chi connectivity index (χ0) is 27.3. The Morgan fingerprint density at radius 1 is 1.13 bits per heavy atom. The zero-order valence-corrected chi connectivity index (χ0v) is 21.3.